The van der Waals surface area contributed by atoms with Crippen LogP contribution in [0.3, 0.4) is 0 Å². The molecule has 0 aliphatic carbocycles. The van der Waals surface area contributed by atoms with E-state index in [-0.39, 0.29) is 36.6 Å². The molecule has 0 unspecified atom stereocenters. The molecule has 0 aliphatic rings. The lowest BCUT2D eigenvalue weighted by Crippen LogP contribution is -2.15. The molecule has 8 heteroatoms. The molecular formula is C20H21F3N2O3. The van der Waals surface area contributed by atoms with Crippen LogP contribution in [0.25, 0.3) is 0 Å². The van der Waals surface area contributed by atoms with Gasteiger partial charge in [0.05, 0.1) is 12.2 Å². The second-order valence-electron chi connectivity index (χ2n) is 6.20. The van der Waals surface area contributed by atoms with Gasteiger partial charge in [-0.05, 0) is 49.2 Å². The van der Waals surface area contributed by atoms with E-state index in [1.54, 1.807) is 24.3 Å². The van der Waals surface area contributed by atoms with Gasteiger partial charge in [0.25, 0.3) is 0 Å². The second-order valence-corrected chi connectivity index (χ2v) is 6.20. The Bertz CT molecular complexity index is 851. The molecule has 0 radical (unpaired) electrons. The summed E-state index contributed by atoms with van der Waals surface area (Å²) in [4.78, 5) is 23.3. The SMILES string of the molecule is CC(=O)c1cccc(OCCCC(=O)Nc2cc(CN)cc(C(F)(F)F)c2)c1. The fourth-order valence-corrected chi connectivity index (χ4v) is 2.50. The number of ether oxygens (including phenoxy) is 1. The van der Waals surface area contributed by atoms with E-state index in [9.17, 15) is 22.8 Å². The van der Waals surface area contributed by atoms with E-state index in [4.69, 9.17) is 10.5 Å². The van der Waals surface area contributed by atoms with Crippen LogP contribution in [0.1, 0.15) is 41.3 Å². The Morgan fingerprint density at radius 1 is 1.14 bits per heavy atom. The molecule has 1 amide bonds. The van der Waals surface area contributed by atoms with Crippen molar-refractivity contribution in [2.75, 3.05) is 11.9 Å². The molecule has 150 valence electrons. The minimum Gasteiger partial charge on any atom is -0.494 e. The van der Waals surface area contributed by atoms with Crippen molar-refractivity contribution in [2.45, 2.75) is 32.5 Å². The van der Waals surface area contributed by atoms with Gasteiger partial charge in [0.1, 0.15) is 5.75 Å². The number of amides is 1. The summed E-state index contributed by atoms with van der Waals surface area (Å²) in [6.45, 7) is 1.61. The monoisotopic (exact) mass is 394 g/mol. The molecule has 0 saturated heterocycles. The number of hydrogen-bond acceptors (Lipinski definition) is 4. The number of nitrogens with two attached hydrogens (primary N) is 1. The topological polar surface area (TPSA) is 81.4 Å². The highest BCUT2D eigenvalue weighted by Crippen LogP contribution is 2.32. The van der Waals surface area contributed by atoms with Gasteiger partial charge in [0.15, 0.2) is 5.78 Å². The maximum atomic E-state index is 12.9. The van der Waals surface area contributed by atoms with Crippen LogP contribution in [-0.4, -0.2) is 18.3 Å². The lowest BCUT2D eigenvalue weighted by molar-refractivity contribution is -0.137. The van der Waals surface area contributed by atoms with Crippen molar-refractivity contribution in [1.82, 2.24) is 0 Å². The molecule has 28 heavy (non-hydrogen) atoms. The van der Waals surface area contributed by atoms with Crippen LogP contribution in [0.4, 0.5) is 18.9 Å². The van der Waals surface area contributed by atoms with Crippen molar-refractivity contribution in [3.05, 3.63) is 59.2 Å². The van der Waals surface area contributed by atoms with Crippen LogP contribution < -0.4 is 15.8 Å². The molecule has 0 saturated carbocycles. The highest BCUT2D eigenvalue weighted by Gasteiger charge is 2.31. The first-order valence-corrected chi connectivity index (χ1v) is 8.64. The van der Waals surface area contributed by atoms with E-state index in [1.165, 1.54) is 13.0 Å². The molecule has 3 N–H and O–H groups in total. The van der Waals surface area contributed by atoms with Gasteiger partial charge in [0.2, 0.25) is 5.91 Å². The minimum atomic E-state index is -4.52. The number of carbonyl (C=O) groups is 2. The lowest BCUT2D eigenvalue weighted by Gasteiger charge is -2.12. The fraction of sp³-hybridized carbons (Fsp3) is 0.300. The summed E-state index contributed by atoms with van der Waals surface area (Å²) in [7, 11) is 0. The number of carbonyl (C=O) groups excluding carboxylic acids is 2. The van der Waals surface area contributed by atoms with Crippen LogP contribution in [-0.2, 0) is 17.5 Å². The maximum absolute atomic E-state index is 12.9. The van der Waals surface area contributed by atoms with Crippen LogP contribution in [0.5, 0.6) is 5.75 Å². The zero-order valence-corrected chi connectivity index (χ0v) is 15.3. The van der Waals surface area contributed by atoms with Crippen LogP contribution in [0, 0.1) is 0 Å². The fourth-order valence-electron chi connectivity index (χ4n) is 2.50. The van der Waals surface area contributed by atoms with Crippen molar-refractivity contribution in [2.24, 2.45) is 5.73 Å². The summed E-state index contributed by atoms with van der Waals surface area (Å²) >= 11 is 0. The number of halogens is 3. The van der Waals surface area contributed by atoms with Crippen molar-refractivity contribution < 1.29 is 27.5 Å². The van der Waals surface area contributed by atoms with E-state index >= 15 is 0 Å². The van der Waals surface area contributed by atoms with Crippen molar-refractivity contribution >= 4 is 17.4 Å². The first-order valence-electron chi connectivity index (χ1n) is 8.64. The predicted molar refractivity (Wildman–Crippen MR) is 99.1 cm³/mol. The number of anilines is 1. The Labute approximate surface area is 160 Å². The zero-order chi connectivity index (χ0) is 20.7. The van der Waals surface area contributed by atoms with E-state index in [2.05, 4.69) is 5.32 Å². The Hall–Kier alpha value is -2.87. The molecule has 2 aromatic rings. The first-order chi connectivity index (χ1) is 13.2. The summed E-state index contributed by atoms with van der Waals surface area (Å²) in [5.74, 6) is 0.00437. The molecule has 0 heterocycles. The largest absolute Gasteiger partial charge is 0.494 e. The Balaban J connectivity index is 1.87. The average Bonchev–Trinajstić information content (AvgIpc) is 2.64. The normalized spacial score (nSPS) is 11.2. The summed E-state index contributed by atoms with van der Waals surface area (Å²) in [6, 6.07) is 9.92. The number of hydrogen-bond donors (Lipinski definition) is 2. The number of benzene rings is 2. The van der Waals surface area contributed by atoms with Gasteiger partial charge in [-0.15, -0.1) is 0 Å². The number of rotatable bonds is 8. The molecule has 0 aliphatic heterocycles. The summed E-state index contributed by atoms with van der Waals surface area (Å²) in [6.07, 6.45) is -4.09. The summed E-state index contributed by atoms with van der Waals surface area (Å²) in [5, 5.41) is 2.46. The third kappa shape index (κ3) is 6.38. The summed E-state index contributed by atoms with van der Waals surface area (Å²) < 4.78 is 44.3. The van der Waals surface area contributed by atoms with E-state index < -0.39 is 17.6 Å². The first kappa shape index (κ1) is 21.4. The number of ketones is 1. The van der Waals surface area contributed by atoms with Crippen LogP contribution in [0.2, 0.25) is 0 Å². The van der Waals surface area contributed by atoms with Gasteiger partial charge in [-0.1, -0.05) is 12.1 Å². The molecule has 0 fully saturated rings. The van der Waals surface area contributed by atoms with Crippen LogP contribution in [0.15, 0.2) is 42.5 Å². The molecule has 0 atom stereocenters. The quantitative estimate of drug-likeness (QED) is 0.520. The van der Waals surface area contributed by atoms with E-state index in [0.29, 0.717) is 17.7 Å². The third-order valence-electron chi connectivity index (χ3n) is 3.90. The molecule has 2 rings (SSSR count). The maximum Gasteiger partial charge on any atom is 0.416 e. The lowest BCUT2D eigenvalue weighted by atomic mass is 10.1. The average molecular weight is 394 g/mol. The van der Waals surface area contributed by atoms with E-state index in [1.807, 2.05) is 0 Å². The Morgan fingerprint density at radius 2 is 1.89 bits per heavy atom. The Morgan fingerprint density at radius 3 is 2.54 bits per heavy atom. The second kappa shape index (κ2) is 9.36. The van der Waals surface area contributed by atoms with Gasteiger partial charge < -0.3 is 15.8 Å². The molecular weight excluding hydrogens is 373 g/mol. The minimum absolute atomic E-state index is 0.0513. The zero-order valence-electron chi connectivity index (χ0n) is 15.3. The predicted octanol–water partition coefficient (Wildman–Crippen LogP) is 4.16. The highest BCUT2D eigenvalue weighted by atomic mass is 19.4. The molecule has 5 nitrogen and oxygen atoms in total. The number of alkyl halides is 3. The van der Waals surface area contributed by atoms with Crippen molar-refractivity contribution in [3.8, 4) is 5.75 Å². The van der Waals surface area contributed by atoms with Gasteiger partial charge in [-0.2, -0.15) is 13.2 Å². The van der Waals surface area contributed by atoms with Gasteiger partial charge in [-0.3, -0.25) is 9.59 Å². The molecule has 2 aromatic carbocycles. The summed E-state index contributed by atoms with van der Waals surface area (Å²) in [5.41, 5.74) is 5.42. The van der Waals surface area contributed by atoms with Crippen LogP contribution >= 0.6 is 0 Å². The molecule has 0 aromatic heterocycles. The van der Waals surface area contributed by atoms with Crippen molar-refractivity contribution in [1.29, 1.82) is 0 Å². The highest BCUT2D eigenvalue weighted by molar-refractivity contribution is 5.94. The molecule has 0 bridgehead atoms. The Kier molecular flexibility index (Phi) is 7.17. The van der Waals surface area contributed by atoms with Gasteiger partial charge in [0, 0.05) is 24.2 Å². The van der Waals surface area contributed by atoms with Gasteiger partial charge >= 0.3 is 6.18 Å². The third-order valence-corrected chi connectivity index (χ3v) is 3.90. The number of nitrogens with one attached hydrogen (secondary N) is 1. The smallest absolute Gasteiger partial charge is 0.416 e. The van der Waals surface area contributed by atoms with Gasteiger partial charge in [-0.25, -0.2) is 0 Å². The van der Waals surface area contributed by atoms with E-state index in [0.717, 1.165) is 12.1 Å². The standard InChI is InChI=1S/C20H21F3N2O3/c1-13(26)15-4-2-5-18(10-15)28-7-3-6-19(27)25-17-9-14(12-24)8-16(11-17)20(21,22)23/h2,4-5,8-11H,3,6-7,12,24H2,1H3,(H,25,27). The van der Waals surface area contributed by atoms with Crippen molar-refractivity contribution in [3.63, 3.8) is 0 Å². The molecule has 0 spiro atoms. The number of Topliss-reactive ketones (excluding diaryl/α,β-unsaturated/α-hetero) is 1.